The Hall–Kier alpha value is -2.36. The molecule has 18 heavy (non-hydrogen) atoms. The number of hydrogen-bond donors (Lipinski definition) is 2. The number of para-hydroxylation sites is 1. The van der Waals surface area contributed by atoms with E-state index in [0.29, 0.717) is 11.3 Å². The molecule has 0 unspecified atom stereocenters. The quantitative estimate of drug-likeness (QED) is 0.871. The van der Waals surface area contributed by atoms with Crippen LogP contribution in [0.15, 0.2) is 48.5 Å². The number of carbonyl (C=O) groups is 1. The van der Waals surface area contributed by atoms with Gasteiger partial charge in [-0.15, -0.1) is 0 Å². The van der Waals surface area contributed by atoms with E-state index >= 15 is 0 Å². The summed E-state index contributed by atoms with van der Waals surface area (Å²) in [5.41, 5.74) is 1.96. The molecule has 0 atom stereocenters. The Morgan fingerprint density at radius 3 is 2.39 bits per heavy atom. The molecule has 0 saturated carbocycles. The third-order valence-electron chi connectivity index (χ3n) is 2.52. The molecule has 2 rings (SSSR count). The lowest BCUT2D eigenvalue weighted by Gasteiger charge is -2.10. The summed E-state index contributed by atoms with van der Waals surface area (Å²) in [6, 6.07) is 13.1. The van der Waals surface area contributed by atoms with Crippen LogP contribution in [0, 0.1) is 5.82 Å². The predicted molar refractivity (Wildman–Crippen MR) is 69.5 cm³/mol. The molecule has 1 amide bonds. The molecule has 0 aromatic heterocycles. The first-order chi connectivity index (χ1) is 8.70. The van der Waals surface area contributed by atoms with Crippen molar-refractivity contribution in [1.29, 1.82) is 0 Å². The van der Waals surface area contributed by atoms with E-state index in [9.17, 15) is 9.18 Å². The number of hydrogen-bond acceptors (Lipinski definition) is 2. The smallest absolute Gasteiger partial charge is 0.253 e. The van der Waals surface area contributed by atoms with Crippen molar-refractivity contribution < 1.29 is 9.18 Å². The number of amides is 1. The molecule has 0 aliphatic heterocycles. The van der Waals surface area contributed by atoms with Crippen molar-refractivity contribution in [2.45, 2.75) is 0 Å². The van der Waals surface area contributed by atoms with E-state index in [2.05, 4.69) is 10.6 Å². The van der Waals surface area contributed by atoms with Crippen LogP contribution in [-0.2, 0) is 0 Å². The molecule has 0 aliphatic carbocycles. The molecule has 0 saturated heterocycles. The van der Waals surface area contributed by atoms with Gasteiger partial charge in [-0.25, -0.2) is 4.39 Å². The molecule has 4 heteroatoms. The summed E-state index contributed by atoms with van der Waals surface area (Å²) in [5, 5.41) is 5.67. The maximum Gasteiger partial charge on any atom is 0.253 e. The van der Waals surface area contributed by atoms with Gasteiger partial charge in [0, 0.05) is 12.7 Å². The van der Waals surface area contributed by atoms with Gasteiger partial charge in [0.05, 0.1) is 11.3 Å². The second-order valence-corrected chi connectivity index (χ2v) is 3.76. The minimum absolute atomic E-state index is 0.166. The van der Waals surface area contributed by atoms with Gasteiger partial charge in [0.1, 0.15) is 5.82 Å². The monoisotopic (exact) mass is 244 g/mol. The minimum Gasteiger partial charge on any atom is -0.355 e. The number of benzene rings is 2. The van der Waals surface area contributed by atoms with Crippen LogP contribution in [0.4, 0.5) is 15.8 Å². The fraction of sp³-hybridized carbons (Fsp3) is 0.0714. The Morgan fingerprint density at radius 1 is 1.06 bits per heavy atom. The van der Waals surface area contributed by atoms with Crippen LogP contribution in [0.25, 0.3) is 0 Å². The second-order valence-electron chi connectivity index (χ2n) is 3.76. The normalized spacial score (nSPS) is 9.89. The van der Waals surface area contributed by atoms with Crippen LogP contribution in [0.1, 0.15) is 10.4 Å². The maximum atomic E-state index is 12.8. The lowest BCUT2D eigenvalue weighted by Crippen LogP contribution is -2.19. The van der Waals surface area contributed by atoms with Gasteiger partial charge in [0.2, 0.25) is 0 Å². The van der Waals surface area contributed by atoms with Gasteiger partial charge < -0.3 is 10.6 Å². The Labute approximate surface area is 105 Å². The molecule has 2 aromatic rings. The summed E-state index contributed by atoms with van der Waals surface area (Å²) in [6.45, 7) is 0. The number of carbonyl (C=O) groups excluding carboxylic acids is 1. The fourth-order valence-electron chi connectivity index (χ4n) is 1.61. The molecule has 0 aliphatic rings. The van der Waals surface area contributed by atoms with Crippen LogP contribution in [0.5, 0.6) is 0 Å². The topological polar surface area (TPSA) is 41.1 Å². The van der Waals surface area contributed by atoms with Crippen molar-refractivity contribution in [1.82, 2.24) is 5.32 Å². The summed E-state index contributed by atoms with van der Waals surface area (Å²) in [7, 11) is 1.58. The lowest BCUT2D eigenvalue weighted by molar-refractivity contribution is 0.0964. The van der Waals surface area contributed by atoms with E-state index in [1.807, 2.05) is 6.07 Å². The Morgan fingerprint density at radius 2 is 1.72 bits per heavy atom. The Balaban J connectivity index is 2.28. The Bertz CT molecular complexity index is 552. The first kappa shape index (κ1) is 12.1. The van der Waals surface area contributed by atoms with Crippen LogP contribution >= 0.6 is 0 Å². The number of anilines is 2. The molecule has 0 fully saturated rings. The molecule has 0 bridgehead atoms. The van der Waals surface area contributed by atoms with Gasteiger partial charge >= 0.3 is 0 Å². The molecular weight excluding hydrogens is 231 g/mol. The maximum absolute atomic E-state index is 12.8. The molecule has 3 nitrogen and oxygen atoms in total. The van der Waals surface area contributed by atoms with Crippen molar-refractivity contribution in [3.63, 3.8) is 0 Å². The lowest BCUT2D eigenvalue weighted by atomic mass is 10.1. The zero-order valence-electron chi connectivity index (χ0n) is 9.91. The number of nitrogens with one attached hydrogen (secondary N) is 2. The predicted octanol–water partition coefficient (Wildman–Crippen LogP) is 2.93. The SMILES string of the molecule is CNC(=O)c1ccccc1Nc1ccc(F)cc1. The summed E-state index contributed by atoms with van der Waals surface area (Å²) < 4.78 is 12.8. The third kappa shape index (κ3) is 2.66. The highest BCUT2D eigenvalue weighted by Gasteiger charge is 2.08. The highest BCUT2D eigenvalue weighted by Crippen LogP contribution is 2.20. The minimum atomic E-state index is -0.292. The van der Waals surface area contributed by atoms with Crippen molar-refractivity contribution in [2.75, 3.05) is 12.4 Å². The van der Waals surface area contributed by atoms with Crippen molar-refractivity contribution >= 4 is 17.3 Å². The van der Waals surface area contributed by atoms with Gasteiger partial charge in [-0.3, -0.25) is 4.79 Å². The van der Waals surface area contributed by atoms with Crippen LogP contribution < -0.4 is 10.6 Å². The van der Waals surface area contributed by atoms with E-state index in [1.165, 1.54) is 12.1 Å². The van der Waals surface area contributed by atoms with E-state index in [0.717, 1.165) is 5.69 Å². The van der Waals surface area contributed by atoms with Crippen LogP contribution in [0.3, 0.4) is 0 Å². The second kappa shape index (κ2) is 5.31. The zero-order chi connectivity index (χ0) is 13.0. The Kier molecular flexibility index (Phi) is 3.57. The highest BCUT2D eigenvalue weighted by atomic mass is 19.1. The van der Waals surface area contributed by atoms with E-state index in [-0.39, 0.29) is 11.7 Å². The van der Waals surface area contributed by atoms with Gasteiger partial charge in [-0.05, 0) is 36.4 Å². The third-order valence-corrected chi connectivity index (χ3v) is 2.52. The van der Waals surface area contributed by atoms with E-state index < -0.39 is 0 Å². The average molecular weight is 244 g/mol. The molecule has 0 heterocycles. The first-order valence-corrected chi connectivity index (χ1v) is 5.54. The summed E-state index contributed by atoms with van der Waals surface area (Å²) in [6.07, 6.45) is 0. The highest BCUT2D eigenvalue weighted by molar-refractivity contribution is 6.00. The van der Waals surface area contributed by atoms with Gasteiger partial charge in [-0.2, -0.15) is 0 Å². The van der Waals surface area contributed by atoms with Crippen LogP contribution in [0.2, 0.25) is 0 Å². The molecule has 0 radical (unpaired) electrons. The van der Waals surface area contributed by atoms with Gasteiger partial charge in [0.15, 0.2) is 0 Å². The first-order valence-electron chi connectivity index (χ1n) is 5.54. The average Bonchev–Trinajstić information content (AvgIpc) is 2.41. The summed E-state index contributed by atoms with van der Waals surface area (Å²) >= 11 is 0. The van der Waals surface area contributed by atoms with E-state index in [1.54, 1.807) is 37.4 Å². The molecule has 2 N–H and O–H groups in total. The number of rotatable bonds is 3. The van der Waals surface area contributed by atoms with Crippen molar-refractivity contribution in [3.05, 3.63) is 59.9 Å². The molecular formula is C14H13FN2O. The summed E-state index contributed by atoms with van der Waals surface area (Å²) in [4.78, 5) is 11.7. The van der Waals surface area contributed by atoms with Crippen molar-refractivity contribution in [3.8, 4) is 0 Å². The largest absolute Gasteiger partial charge is 0.355 e. The van der Waals surface area contributed by atoms with Gasteiger partial charge in [-0.1, -0.05) is 12.1 Å². The fourth-order valence-corrected chi connectivity index (χ4v) is 1.61. The number of halogens is 1. The molecule has 0 spiro atoms. The standard InChI is InChI=1S/C14H13FN2O/c1-16-14(18)12-4-2-3-5-13(12)17-11-8-6-10(15)7-9-11/h2-9,17H,1H3,(H,16,18). The van der Waals surface area contributed by atoms with Gasteiger partial charge in [0.25, 0.3) is 5.91 Å². The zero-order valence-corrected chi connectivity index (χ0v) is 9.91. The summed E-state index contributed by atoms with van der Waals surface area (Å²) in [5.74, 6) is -0.458. The molecule has 2 aromatic carbocycles. The van der Waals surface area contributed by atoms with Crippen LogP contribution in [-0.4, -0.2) is 13.0 Å². The van der Waals surface area contributed by atoms with E-state index in [4.69, 9.17) is 0 Å². The molecule has 92 valence electrons. The van der Waals surface area contributed by atoms with Crippen molar-refractivity contribution in [2.24, 2.45) is 0 Å².